The summed E-state index contributed by atoms with van der Waals surface area (Å²) in [5.41, 5.74) is 13.9. The average Bonchev–Trinajstić information content (AvgIpc) is 0.903. The Labute approximate surface area is 742 Å². The van der Waals surface area contributed by atoms with E-state index in [4.69, 9.17) is 0 Å². The SMILES string of the molecule is CN(C)c1ccc(/C=C/c2cccc[n+]2CCCCCC[n+]2ccccc2N=Nc2ccc(N(C)C)cc2)cc1.CN(C)c1ccc(C=O)cc1.CN(C)c1ccc(N=Nc2cccc[n+]2CCCCCCBr)cc1.Cc1cccc[n+]1CCCCCC[n+]1ccccc1N=Nc1ccc(N(C)C)cc1.Cc1ccccn1.[Br-].[Br-].[Br-].[Br-]. The van der Waals surface area contributed by atoms with Crippen LogP contribution in [0.3, 0.4) is 0 Å². The van der Waals surface area contributed by atoms with Gasteiger partial charge in [-0.3, -0.25) is 9.78 Å². The molecule has 116 heavy (non-hydrogen) atoms. The van der Waals surface area contributed by atoms with E-state index in [1.807, 2.05) is 190 Å². The number of alkyl halides is 1. The molecule has 0 radical (unpaired) electrons. The van der Waals surface area contributed by atoms with Crippen molar-refractivity contribution in [3.05, 3.63) is 296 Å². The number of anilines is 5. The number of nitrogens with zero attached hydrogens (tertiary/aromatic N) is 17. The Morgan fingerprint density at radius 2 is 0.612 bits per heavy atom. The number of azo groups is 3. The van der Waals surface area contributed by atoms with Gasteiger partial charge in [-0.25, -0.2) is 18.3 Å². The normalized spacial score (nSPS) is 10.5. The number of halogens is 5. The maximum absolute atomic E-state index is 10.3. The van der Waals surface area contributed by atoms with Crippen molar-refractivity contribution in [2.45, 2.75) is 124 Å². The fraction of sp³-hybridized carbons (Fsp3) is 0.323. The van der Waals surface area contributed by atoms with Gasteiger partial charge in [-0.2, -0.15) is 4.57 Å². The molecule has 0 saturated heterocycles. The monoisotopic (exact) mass is 1880 g/mol. The summed E-state index contributed by atoms with van der Waals surface area (Å²) in [6, 6.07) is 77.3. The van der Waals surface area contributed by atoms with Gasteiger partial charge in [0.1, 0.15) is 36.4 Å². The van der Waals surface area contributed by atoms with Crippen molar-refractivity contribution < 1.29 is 95.6 Å². The molecule has 0 bridgehead atoms. The van der Waals surface area contributed by atoms with Gasteiger partial charge in [-0.05, 0) is 237 Å². The highest BCUT2D eigenvalue weighted by molar-refractivity contribution is 9.09. The minimum Gasteiger partial charge on any atom is -1.00 e. The number of carbonyl (C=O) groups is 1. The summed E-state index contributed by atoms with van der Waals surface area (Å²) in [4.78, 5) is 24.6. The number of hydrogen-bond acceptors (Lipinski definition) is 13. The molecule has 0 fully saturated rings. The molecular formula is C93H119Br5N17O+. The van der Waals surface area contributed by atoms with Crippen molar-refractivity contribution in [2.75, 3.05) is 100 Å². The third-order valence-corrected chi connectivity index (χ3v) is 18.9. The third kappa shape index (κ3) is 38.6. The van der Waals surface area contributed by atoms with Gasteiger partial charge in [0.25, 0.3) is 0 Å². The first-order chi connectivity index (χ1) is 54.5. The van der Waals surface area contributed by atoms with E-state index in [2.05, 4.69) is 267 Å². The second-order valence-electron chi connectivity index (χ2n) is 28.3. The Balaban J connectivity index is 0.000000407. The second kappa shape index (κ2) is 58.5. The van der Waals surface area contributed by atoms with E-state index in [0.717, 1.165) is 132 Å². The summed E-state index contributed by atoms with van der Waals surface area (Å²) >= 11 is 3.48. The van der Waals surface area contributed by atoms with Crippen molar-refractivity contribution in [1.29, 1.82) is 0 Å². The number of hydrogen-bond donors (Lipinski definition) is 0. The number of aldehydes is 1. The lowest BCUT2D eigenvalue weighted by atomic mass is 10.1. The van der Waals surface area contributed by atoms with E-state index < -0.39 is 0 Å². The van der Waals surface area contributed by atoms with Gasteiger partial charge < -0.3 is 92.4 Å². The first-order valence-corrected chi connectivity index (χ1v) is 40.2. The first-order valence-electron chi connectivity index (χ1n) is 39.0. The molecule has 0 unspecified atom stereocenters. The summed E-state index contributed by atoms with van der Waals surface area (Å²) in [7, 11) is 20.3. The minimum atomic E-state index is 0. The van der Waals surface area contributed by atoms with Gasteiger partial charge in [-0.15, -0.1) is 0 Å². The molecule has 0 aliphatic heterocycles. The molecule has 0 saturated carbocycles. The first kappa shape index (κ1) is 101. The molecule has 23 heteroatoms. The standard InChI is InChI=1S/C34H42N6.C25H33N5.C19H26BrN4.C9H11NO.C6H7N.4BrH/c1-37(2)31-20-15-29(16-21-31)17-22-33-13-7-11-26-39(33)25-9-5-6-10-27-40-28-12-8-14-34(40)36-35-30-18-23-32(24-19-30)38(3)4;1-22-12-6-10-19-29(22)18-8-4-5-9-20-30-21-11-7-13-25(30)27-26-23-14-16-24(17-15-23)28(2)3;1-23(2)18-12-10-17(11-13-18)21-22-19-9-5-8-16-24(19)15-7-4-3-6-14-20;1-10(2)9-5-3-8(7-11)4-6-9;1-6-4-2-3-5-7-6;;;;/h7-8,11-24,26,28H,5-6,9-10,25,27H2,1-4H3;6-7,10-17,19,21H,4-5,8-9,18,20H2,1-3H3;5,8-13,16H,3-4,6-7,14-15H2,1-2H3;3-7H,1-2H3;2-5H,1H3;4*1H/q2*+2;+1;;;;;;/p-4. The number of carbonyl (C=O) groups excluding carboxylic acids is 1. The third-order valence-electron chi connectivity index (χ3n) is 18.4. The Hall–Kier alpha value is -9.39. The van der Waals surface area contributed by atoms with Gasteiger partial charge in [0.15, 0.2) is 18.1 Å². The molecule has 0 spiro atoms. The van der Waals surface area contributed by atoms with Crippen LogP contribution in [0.25, 0.3) is 12.2 Å². The average molecular weight is 1890 g/mol. The second-order valence-corrected chi connectivity index (χ2v) is 29.1. The molecule has 6 aromatic heterocycles. The number of unbranched alkanes of at least 4 members (excludes halogenated alkanes) is 9. The van der Waals surface area contributed by atoms with Crippen LogP contribution in [0.15, 0.2) is 298 Å². The van der Waals surface area contributed by atoms with Crippen LogP contribution in [0.1, 0.15) is 110 Å². The Kier molecular flexibility index (Phi) is 50.8. The highest BCUT2D eigenvalue weighted by Gasteiger charge is 2.14. The molecule has 0 N–H and O–H groups in total. The van der Waals surface area contributed by atoms with Crippen LogP contribution in [0.5, 0.6) is 0 Å². The predicted octanol–water partition coefficient (Wildman–Crippen LogP) is 8.93. The van der Waals surface area contributed by atoms with Gasteiger partial charge in [0.2, 0.25) is 5.69 Å². The van der Waals surface area contributed by atoms with Gasteiger partial charge in [0, 0.05) is 190 Å². The van der Waals surface area contributed by atoms with Gasteiger partial charge >= 0.3 is 17.5 Å². The molecule has 6 heterocycles. The molecule has 5 aromatic carbocycles. The van der Waals surface area contributed by atoms with Crippen molar-refractivity contribution >= 4 is 97.3 Å². The number of rotatable bonds is 34. The lowest BCUT2D eigenvalue weighted by Crippen LogP contribution is -3.00. The van der Waals surface area contributed by atoms with Crippen LogP contribution in [0.4, 0.5) is 63.0 Å². The summed E-state index contributed by atoms with van der Waals surface area (Å²) < 4.78 is 11.2. The Bertz CT molecular complexity index is 4480. The maximum Gasteiger partial charge on any atom is 0.350 e. The molecule has 0 aliphatic carbocycles. The quantitative estimate of drug-likeness (QED) is 0.0129. The zero-order chi connectivity index (χ0) is 79.9. The minimum absolute atomic E-state index is 0. The molecule has 11 aromatic rings. The van der Waals surface area contributed by atoms with Crippen molar-refractivity contribution in [3.8, 4) is 0 Å². The Morgan fingerprint density at radius 3 is 0.931 bits per heavy atom. The molecule has 11 rings (SSSR count). The smallest absolute Gasteiger partial charge is 0.350 e. The van der Waals surface area contributed by atoms with E-state index in [-0.39, 0.29) is 67.9 Å². The van der Waals surface area contributed by atoms with Crippen LogP contribution in [-0.2, 0) is 32.7 Å². The van der Waals surface area contributed by atoms with E-state index in [9.17, 15) is 4.79 Å². The zero-order valence-corrected chi connectivity index (χ0v) is 77.7. The number of aromatic nitrogens is 6. The number of aryl methyl sites for hydroxylation is 7. The van der Waals surface area contributed by atoms with E-state index in [1.54, 1.807) is 6.20 Å². The van der Waals surface area contributed by atoms with Crippen LogP contribution >= 0.6 is 15.9 Å². The molecule has 18 nitrogen and oxygen atoms in total. The summed E-state index contributed by atoms with van der Waals surface area (Å²) in [6.45, 7) is 9.14. The van der Waals surface area contributed by atoms with Gasteiger partial charge in [0.05, 0.1) is 53.6 Å². The summed E-state index contributed by atoms with van der Waals surface area (Å²) in [6.07, 6.45) is 32.0. The van der Waals surface area contributed by atoms with E-state index in [0.29, 0.717) is 0 Å². The highest BCUT2D eigenvalue weighted by atomic mass is 79.9. The molecular weight excluding hydrogens is 1770 g/mol. The molecule has 0 atom stereocenters. The van der Waals surface area contributed by atoms with Crippen LogP contribution in [-0.4, -0.2) is 87.1 Å². The van der Waals surface area contributed by atoms with E-state index in [1.165, 1.54) is 80.4 Å². The maximum atomic E-state index is 10.3. The molecule has 0 aliphatic rings. The van der Waals surface area contributed by atoms with Crippen molar-refractivity contribution in [1.82, 2.24) is 4.98 Å². The summed E-state index contributed by atoms with van der Waals surface area (Å²) in [5, 5.41) is 27.8. The number of benzene rings is 5. The van der Waals surface area contributed by atoms with Gasteiger partial charge in [-0.1, -0.05) is 64.8 Å². The summed E-state index contributed by atoms with van der Waals surface area (Å²) in [5.74, 6) is 2.67. The topological polar surface area (TPSA) is 140 Å². The zero-order valence-electron chi connectivity index (χ0n) is 69.8. The van der Waals surface area contributed by atoms with Crippen LogP contribution in [0, 0.1) is 13.8 Å². The molecule has 616 valence electrons. The van der Waals surface area contributed by atoms with Crippen LogP contribution in [0.2, 0.25) is 0 Å². The van der Waals surface area contributed by atoms with Crippen molar-refractivity contribution in [2.24, 2.45) is 30.7 Å². The van der Waals surface area contributed by atoms with Crippen LogP contribution < -0.4 is 115 Å². The molecule has 0 amide bonds. The van der Waals surface area contributed by atoms with Crippen molar-refractivity contribution in [3.63, 3.8) is 0 Å². The van der Waals surface area contributed by atoms with E-state index >= 15 is 0 Å². The fourth-order valence-corrected chi connectivity index (χ4v) is 12.0. The fourth-order valence-electron chi connectivity index (χ4n) is 11.6. The predicted molar refractivity (Wildman–Crippen MR) is 467 cm³/mol. The largest absolute Gasteiger partial charge is 1.00 e. The lowest BCUT2D eigenvalue weighted by molar-refractivity contribution is -0.703. The number of pyridine rings is 6. The Morgan fingerprint density at radius 1 is 0.310 bits per heavy atom. The lowest BCUT2D eigenvalue weighted by Gasteiger charge is -2.11. The highest BCUT2D eigenvalue weighted by Crippen LogP contribution is 2.24.